The van der Waals surface area contributed by atoms with Gasteiger partial charge in [0.25, 0.3) is 0 Å². The van der Waals surface area contributed by atoms with Crippen molar-refractivity contribution in [2.24, 2.45) is 11.8 Å². The van der Waals surface area contributed by atoms with Crippen LogP contribution in [0.2, 0.25) is 0 Å². The van der Waals surface area contributed by atoms with Crippen molar-refractivity contribution in [2.75, 3.05) is 5.73 Å². The average molecular weight is 786 g/mol. The number of amides is 1. The molecule has 0 bridgehead atoms. The number of alkyl halides is 3. The van der Waals surface area contributed by atoms with Crippen molar-refractivity contribution < 1.29 is 31.9 Å². The number of ketones is 1. The van der Waals surface area contributed by atoms with Crippen LogP contribution >= 0.6 is 0 Å². The number of Topliss-reactive ketones (excluding diaryl/α,β-unsaturated/α-hetero) is 1. The first-order valence-electron chi connectivity index (χ1n) is 20.3. The predicted molar refractivity (Wildman–Crippen MR) is 222 cm³/mol. The molecule has 6 nitrogen and oxygen atoms in total. The van der Waals surface area contributed by atoms with E-state index in [1.54, 1.807) is 38.1 Å². The molecule has 1 heterocycles. The lowest BCUT2D eigenvalue weighted by Gasteiger charge is -2.30. The summed E-state index contributed by atoms with van der Waals surface area (Å²) in [6.45, 7) is 22.4. The summed E-state index contributed by atoms with van der Waals surface area (Å²) in [7, 11) is 0. The molecule has 56 heavy (non-hydrogen) atoms. The number of nitrogens with one attached hydrogen (secondary N) is 2. The molecule has 1 saturated heterocycles. The number of halogens is 4. The quantitative estimate of drug-likeness (QED) is 0.0810. The minimum atomic E-state index is -4.79. The first-order valence-corrected chi connectivity index (χ1v) is 20.3. The molecule has 4 atom stereocenters. The Kier molecular flexibility index (Phi) is 19.1. The maximum Gasteiger partial charge on any atom is 0.573 e. The number of para-hydroxylation sites is 1. The topological polar surface area (TPSA) is 93.4 Å². The summed E-state index contributed by atoms with van der Waals surface area (Å²) in [5, 5.41) is 6.14. The first kappa shape index (κ1) is 48.2. The Morgan fingerprint density at radius 2 is 1.54 bits per heavy atom. The summed E-state index contributed by atoms with van der Waals surface area (Å²) >= 11 is 0. The fourth-order valence-corrected chi connectivity index (χ4v) is 7.06. The van der Waals surface area contributed by atoms with Crippen LogP contribution in [0.25, 0.3) is 11.1 Å². The van der Waals surface area contributed by atoms with Gasteiger partial charge in [-0.15, -0.1) is 13.2 Å². The molecule has 0 radical (unpaired) electrons. The Morgan fingerprint density at radius 3 is 2.07 bits per heavy atom. The van der Waals surface area contributed by atoms with Crippen LogP contribution in [0.5, 0.6) is 5.75 Å². The molecule has 0 saturated carbocycles. The van der Waals surface area contributed by atoms with Crippen LogP contribution in [0.4, 0.5) is 23.2 Å². The van der Waals surface area contributed by atoms with E-state index in [1.807, 2.05) is 27.7 Å². The van der Waals surface area contributed by atoms with Crippen LogP contribution in [0.15, 0.2) is 48.5 Å². The Bertz CT molecular complexity index is 1700. The number of aryl methyl sites for hydroxylation is 3. The van der Waals surface area contributed by atoms with E-state index >= 15 is 0 Å². The molecule has 1 aliphatic heterocycles. The molecule has 4 rings (SSSR count). The minimum absolute atomic E-state index is 0.161. The van der Waals surface area contributed by atoms with Crippen molar-refractivity contribution >= 4 is 17.4 Å². The standard InChI is InChI=1S/C20H29F3N2O2.C19H24FN.C7H14O/c1-5-14(4)10-11-19(12-13(2)3)18(26)24-17(25-19)15-8-6-7-9-16(15)27-20(21,22)23;1-6-11(2)15-9-13(4)17(14(5)10-15)18-16(21)8-7-12(3)19(18)20;1-3-4-5-6-7(2)8/h6-9,13-14,17,25H,5,10-12H2,1-4H3,(H,24,26);7-11H,6,21H2,1-5H3;3-6H2,1-2H3. The van der Waals surface area contributed by atoms with Gasteiger partial charge in [0, 0.05) is 23.2 Å². The molecule has 1 fully saturated rings. The highest BCUT2D eigenvalue weighted by atomic mass is 19.4. The van der Waals surface area contributed by atoms with Gasteiger partial charge < -0.3 is 20.6 Å². The van der Waals surface area contributed by atoms with Gasteiger partial charge in [0.15, 0.2) is 0 Å². The average Bonchev–Trinajstić information content (AvgIpc) is 3.44. The van der Waals surface area contributed by atoms with Gasteiger partial charge in [-0.2, -0.15) is 0 Å². The number of hydrogen-bond acceptors (Lipinski definition) is 5. The molecule has 4 unspecified atom stereocenters. The van der Waals surface area contributed by atoms with Crippen molar-refractivity contribution in [1.82, 2.24) is 10.6 Å². The van der Waals surface area contributed by atoms with Gasteiger partial charge in [0.2, 0.25) is 5.91 Å². The van der Waals surface area contributed by atoms with Gasteiger partial charge in [0.05, 0.1) is 5.54 Å². The van der Waals surface area contributed by atoms with E-state index in [0.717, 1.165) is 48.8 Å². The maximum atomic E-state index is 14.6. The smallest absolute Gasteiger partial charge is 0.405 e. The third kappa shape index (κ3) is 14.2. The van der Waals surface area contributed by atoms with E-state index in [-0.39, 0.29) is 29.0 Å². The number of carbonyl (C=O) groups is 2. The molecular formula is C46H67F4N3O3. The van der Waals surface area contributed by atoms with Crippen molar-refractivity contribution in [3.05, 3.63) is 82.2 Å². The molecule has 3 aromatic rings. The first-order chi connectivity index (χ1) is 26.2. The fourth-order valence-electron chi connectivity index (χ4n) is 7.06. The van der Waals surface area contributed by atoms with E-state index in [9.17, 15) is 27.2 Å². The van der Waals surface area contributed by atoms with Gasteiger partial charge in [0.1, 0.15) is 23.5 Å². The van der Waals surface area contributed by atoms with Gasteiger partial charge in [-0.3, -0.25) is 10.1 Å². The number of anilines is 1. The Morgan fingerprint density at radius 1 is 0.911 bits per heavy atom. The zero-order chi connectivity index (χ0) is 42.4. The summed E-state index contributed by atoms with van der Waals surface area (Å²) < 4.78 is 56.9. The molecule has 1 amide bonds. The highest BCUT2D eigenvalue weighted by Crippen LogP contribution is 2.39. The number of unbranched alkanes of at least 4 members (excludes halogenated alkanes) is 2. The van der Waals surface area contributed by atoms with Crippen LogP contribution in [0, 0.1) is 38.4 Å². The number of carbonyl (C=O) groups excluding carboxylic acids is 2. The van der Waals surface area contributed by atoms with Crippen molar-refractivity contribution in [3.8, 4) is 16.9 Å². The van der Waals surface area contributed by atoms with E-state index in [0.29, 0.717) is 47.3 Å². The lowest BCUT2D eigenvalue weighted by atomic mass is 9.82. The number of rotatable bonds is 15. The van der Waals surface area contributed by atoms with Crippen molar-refractivity contribution in [2.45, 2.75) is 158 Å². The van der Waals surface area contributed by atoms with E-state index in [2.05, 4.69) is 62.1 Å². The molecule has 0 aromatic heterocycles. The van der Waals surface area contributed by atoms with Gasteiger partial charge >= 0.3 is 6.36 Å². The van der Waals surface area contributed by atoms with Crippen LogP contribution in [0.1, 0.15) is 153 Å². The van der Waals surface area contributed by atoms with E-state index in [1.165, 1.54) is 30.5 Å². The van der Waals surface area contributed by atoms with Crippen LogP contribution in [-0.4, -0.2) is 23.6 Å². The summed E-state index contributed by atoms with van der Waals surface area (Å²) in [5.41, 5.74) is 11.6. The second-order valence-corrected chi connectivity index (χ2v) is 16.0. The molecule has 3 aromatic carbocycles. The zero-order valence-corrected chi connectivity index (χ0v) is 35.6. The van der Waals surface area contributed by atoms with Crippen LogP contribution in [-0.2, 0) is 9.59 Å². The molecular weight excluding hydrogens is 719 g/mol. The molecule has 0 spiro atoms. The zero-order valence-electron chi connectivity index (χ0n) is 35.6. The molecule has 0 aliphatic carbocycles. The molecule has 10 heteroatoms. The number of ether oxygens (including phenoxy) is 1. The molecule has 4 N–H and O–H groups in total. The largest absolute Gasteiger partial charge is 0.573 e. The van der Waals surface area contributed by atoms with E-state index < -0.39 is 18.1 Å². The highest BCUT2D eigenvalue weighted by molar-refractivity contribution is 5.89. The van der Waals surface area contributed by atoms with Gasteiger partial charge in [-0.25, -0.2) is 4.39 Å². The molecule has 312 valence electrons. The summed E-state index contributed by atoms with van der Waals surface area (Å²) in [6, 6.07) is 13.8. The monoisotopic (exact) mass is 786 g/mol. The number of nitrogens with two attached hydrogens (primary N) is 1. The predicted octanol–water partition coefficient (Wildman–Crippen LogP) is 12.6. The third-order valence-electron chi connectivity index (χ3n) is 10.6. The van der Waals surface area contributed by atoms with Crippen molar-refractivity contribution in [1.29, 1.82) is 0 Å². The number of nitrogen functional groups attached to an aromatic ring is 1. The van der Waals surface area contributed by atoms with Crippen LogP contribution in [0.3, 0.4) is 0 Å². The summed E-state index contributed by atoms with van der Waals surface area (Å²) in [6.07, 6.45) is 2.99. The van der Waals surface area contributed by atoms with E-state index in [4.69, 9.17) is 5.73 Å². The van der Waals surface area contributed by atoms with Gasteiger partial charge in [-0.1, -0.05) is 104 Å². The molecule has 1 aliphatic rings. The lowest BCUT2D eigenvalue weighted by molar-refractivity contribution is -0.275. The van der Waals surface area contributed by atoms with Gasteiger partial charge in [-0.05, 0) is 118 Å². The summed E-state index contributed by atoms with van der Waals surface area (Å²) in [5.74, 6) is 0.896. The highest BCUT2D eigenvalue weighted by Gasteiger charge is 2.47. The number of benzene rings is 3. The maximum absolute atomic E-state index is 14.6. The number of hydrogen-bond donors (Lipinski definition) is 3. The summed E-state index contributed by atoms with van der Waals surface area (Å²) in [4.78, 5) is 23.2. The third-order valence-corrected chi connectivity index (χ3v) is 10.6. The Balaban J connectivity index is 0.000000331. The van der Waals surface area contributed by atoms with Crippen LogP contribution < -0.4 is 21.1 Å². The second-order valence-electron chi connectivity index (χ2n) is 16.0. The Labute approximate surface area is 333 Å². The normalized spacial score (nSPS) is 17.6. The van der Waals surface area contributed by atoms with Crippen molar-refractivity contribution in [3.63, 3.8) is 0 Å². The lowest BCUT2D eigenvalue weighted by Crippen LogP contribution is -2.48. The SMILES string of the molecule is CCC(C)CCC1(CC(C)C)NC(c2ccccc2OC(F)(F)F)NC1=O.CCC(C)c1cc(C)c(-c2c(N)ccc(C)c2F)c(C)c1.CCCCCC(C)=O. The fraction of sp³-hybridized carbons (Fsp3) is 0.565. The Hall–Kier alpha value is -3.92. The minimum Gasteiger partial charge on any atom is -0.405 e. The second kappa shape index (κ2) is 22.1.